The fourth-order valence-corrected chi connectivity index (χ4v) is 4.43. The second-order valence-corrected chi connectivity index (χ2v) is 7.99. The molecule has 2 rings (SSSR count). The molecule has 0 radical (unpaired) electrons. The van der Waals surface area contributed by atoms with Crippen LogP contribution in [0.4, 0.5) is 0 Å². The number of carbonyl (C=O) groups is 1. The van der Waals surface area contributed by atoms with Crippen LogP contribution in [0.1, 0.15) is 46.0 Å². The van der Waals surface area contributed by atoms with Crippen LogP contribution in [-0.4, -0.2) is 74.4 Å². The molecule has 3 atom stereocenters. The molecular formula is C18H36N2O2+2. The van der Waals surface area contributed by atoms with Crippen molar-refractivity contribution in [2.75, 3.05) is 53.4 Å². The predicted octanol–water partition coefficient (Wildman–Crippen LogP) is 2.43. The number of carbonyl (C=O) groups excluding carboxylic acids is 1. The summed E-state index contributed by atoms with van der Waals surface area (Å²) in [6.45, 7) is 10.0. The zero-order valence-corrected chi connectivity index (χ0v) is 15.1. The summed E-state index contributed by atoms with van der Waals surface area (Å²) in [5.74, 6) is 0.562. The van der Waals surface area contributed by atoms with Crippen LogP contribution in [-0.2, 0) is 9.53 Å². The number of quaternary nitrogens is 2. The Morgan fingerprint density at radius 3 is 2.50 bits per heavy atom. The van der Waals surface area contributed by atoms with Crippen molar-refractivity contribution in [2.45, 2.75) is 52.0 Å². The van der Waals surface area contributed by atoms with E-state index in [2.05, 4.69) is 27.9 Å². The number of nitrogens with zero attached hydrogens (tertiary/aromatic N) is 2. The van der Waals surface area contributed by atoms with Crippen LogP contribution < -0.4 is 0 Å². The molecule has 128 valence electrons. The Balaban J connectivity index is 1.86. The number of piperidine rings is 2. The molecule has 2 saturated heterocycles. The van der Waals surface area contributed by atoms with E-state index in [1.54, 1.807) is 0 Å². The second-order valence-electron chi connectivity index (χ2n) is 7.99. The van der Waals surface area contributed by atoms with Gasteiger partial charge in [0.05, 0.1) is 52.9 Å². The predicted molar refractivity (Wildman–Crippen MR) is 89.4 cm³/mol. The standard InChI is InChI=1S/C18H36N2O2/c1-5-19(3,6-2)14-18(21)22-15-16-10-9-13-20(4)12-8-7-11-17(16)20/h16-17H,5-15H2,1-4H3/q+2/t16-,17+,20?/m1/s1. The molecule has 0 amide bonds. The zero-order valence-electron chi connectivity index (χ0n) is 15.1. The van der Waals surface area contributed by atoms with Gasteiger partial charge in [-0.25, -0.2) is 4.79 Å². The molecule has 0 N–H and O–H groups in total. The number of hydrogen-bond donors (Lipinski definition) is 0. The topological polar surface area (TPSA) is 26.3 Å². The van der Waals surface area contributed by atoms with Crippen LogP contribution in [0.3, 0.4) is 0 Å². The first-order chi connectivity index (χ1) is 10.4. The minimum atomic E-state index is -0.0122. The van der Waals surface area contributed by atoms with Gasteiger partial charge in [0.25, 0.3) is 0 Å². The Hall–Kier alpha value is -0.610. The molecule has 4 heteroatoms. The van der Waals surface area contributed by atoms with Gasteiger partial charge in [-0.15, -0.1) is 0 Å². The largest absolute Gasteiger partial charge is 0.461 e. The molecule has 2 fully saturated rings. The average Bonchev–Trinajstić information content (AvgIpc) is 2.52. The quantitative estimate of drug-likeness (QED) is 0.556. The molecule has 0 aromatic heterocycles. The monoisotopic (exact) mass is 312 g/mol. The Labute approximate surface area is 136 Å². The number of likely N-dealkylation sites (N-methyl/N-ethyl adjacent to an activating group) is 1. The third-order valence-corrected chi connectivity index (χ3v) is 6.50. The maximum Gasteiger partial charge on any atom is 0.361 e. The lowest BCUT2D eigenvalue weighted by atomic mass is 9.82. The van der Waals surface area contributed by atoms with Crippen LogP contribution in [0.15, 0.2) is 0 Å². The van der Waals surface area contributed by atoms with E-state index in [0.29, 0.717) is 25.1 Å². The van der Waals surface area contributed by atoms with Crippen molar-refractivity contribution >= 4 is 5.97 Å². The van der Waals surface area contributed by atoms with Gasteiger partial charge in [-0.3, -0.25) is 0 Å². The minimum Gasteiger partial charge on any atom is -0.461 e. The first-order valence-corrected chi connectivity index (χ1v) is 9.26. The van der Waals surface area contributed by atoms with Crippen molar-refractivity contribution in [2.24, 2.45) is 5.92 Å². The van der Waals surface area contributed by atoms with Crippen molar-refractivity contribution in [3.8, 4) is 0 Å². The van der Waals surface area contributed by atoms with Crippen LogP contribution in [0.25, 0.3) is 0 Å². The summed E-state index contributed by atoms with van der Waals surface area (Å²) in [7, 11) is 4.55. The summed E-state index contributed by atoms with van der Waals surface area (Å²) >= 11 is 0. The van der Waals surface area contributed by atoms with Crippen molar-refractivity contribution in [3.05, 3.63) is 0 Å². The van der Waals surface area contributed by atoms with Crippen molar-refractivity contribution in [1.29, 1.82) is 0 Å². The van der Waals surface area contributed by atoms with E-state index in [-0.39, 0.29) is 5.97 Å². The van der Waals surface area contributed by atoms with Crippen LogP contribution in [0.5, 0.6) is 0 Å². The normalized spacial score (nSPS) is 32.4. The summed E-state index contributed by atoms with van der Waals surface area (Å²) < 4.78 is 7.71. The van der Waals surface area contributed by atoms with Crippen LogP contribution in [0.2, 0.25) is 0 Å². The number of esters is 1. The van der Waals surface area contributed by atoms with Crippen LogP contribution >= 0.6 is 0 Å². The van der Waals surface area contributed by atoms with E-state index in [9.17, 15) is 4.79 Å². The third-order valence-electron chi connectivity index (χ3n) is 6.50. The summed E-state index contributed by atoms with van der Waals surface area (Å²) in [5.41, 5.74) is 0. The van der Waals surface area contributed by atoms with E-state index in [1.165, 1.54) is 49.7 Å². The lowest BCUT2D eigenvalue weighted by Crippen LogP contribution is -2.61. The number of rotatable bonds is 6. The van der Waals surface area contributed by atoms with Crippen molar-refractivity contribution < 1.29 is 18.5 Å². The molecule has 2 heterocycles. The molecule has 22 heavy (non-hydrogen) atoms. The lowest BCUT2D eigenvalue weighted by Gasteiger charge is -2.51. The van der Waals surface area contributed by atoms with Crippen molar-refractivity contribution in [3.63, 3.8) is 0 Å². The SMILES string of the molecule is CC[N+](C)(CC)CC(=O)OC[C@H]1CCC[N+]2(C)CCCC[C@@H]12. The van der Waals surface area contributed by atoms with Gasteiger partial charge in [0.1, 0.15) is 0 Å². The number of ether oxygens (including phenoxy) is 1. The van der Waals surface area contributed by atoms with Crippen LogP contribution in [0, 0.1) is 5.92 Å². The maximum absolute atomic E-state index is 12.2. The number of hydrogen-bond acceptors (Lipinski definition) is 2. The molecule has 2 aliphatic heterocycles. The van der Waals surface area contributed by atoms with Gasteiger partial charge in [0, 0.05) is 12.3 Å². The van der Waals surface area contributed by atoms with Gasteiger partial charge >= 0.3 is 5.97 Å². The van der Waals surface area contributed by atoms with Gasteiger partial charge in [-0.1, -0.05) is 0 Å². The molecule has 0 saturated carbocycles. The van der Waals surface area contributed by atoms with Gasteiger partial charge in [0.2, 0.25) is 0 Å². The minimum absolute atomic E-state index is 0.0122. The fraction of sp³-hybridized carbons (Fsp3) is 0.944. The molecule has 4 nitrogen and oxygen atoms in total. The van der Waals surface area contributed by atoms with Crippen molar-refractivity contribution in [1.82, 2.24) is 0 Å². The molecular weight excluding hydrogens is 276 g/mol. The Morgan fingerprint density at radius 2 is 1.82 bits per heavy atom. The summed E-state index contributed by atoms with van der Waals surface area (Å²) in [4.78, 5) is 12.2. The summed E-state index contributed by atoms with van der Waals surface area (Å²) in [6.07, 6.45) is 6.55. The van der Waals surface area contributed by atoms with Gasteiger partial charge in [-0.2, -0.15) is 0 Å². The van der Waals surface area contributed by atoms with E-state index >= 15 is 0 Å². The highest BCUT2D eigenvalue weighted by Crippen LogP contribution is 2.36. The Kier molecular flexibility index (Phi) is 5.89. The first kappa shape index (κ1) is 17.7. The van der Waals surface area contributed by atoms with Gasteiger partial charge < -0.3 is 13.7 Å². The highest BCUT2D eigenvalue weighted by molar-refractivity contribution is 5.70. The van der Waals surface area contributed by atoms with Gasteiger partial charge in [-0.05, 0) is 39.5 Å². The summed E-state index contributed by atoms with van der Waals surface area (Å²) in [6, 6.07) is 0.716. The lowest BCUT2D eigenvalue weighted by molar-refractivity contribution is -0.947. The van der Waals surface area contributed by atoms with E-state index in [1.807, 2.05) is 0 Å². The smallest absolute Gasteiger partial charge is 0.361 e. The number of fused-ring (bicyclic) bond motifs is 1. The molecule has 0 aliphatic carbocycles. The first-order valence-electron chi connectivity index (χ1n) is 9.26. The molecule has 0 aromatic rings. The van der Waals surface area contributed by atoms with Gasteiger partial charge in [0.15, 0.2) is 6.54 Å². The maximum atomic E-state index is 12.2. The Morgan fingerprint density at radius 1 is 1.14 bits per heavy atom. The average molecular weight is 312 g/mol. The second kappa shape index (κ2) is 7.31. The molecule has 1 unspecified atom stereocenters. The van der Waals surface area contributed by atoms with E-state index in [0.717, 1.165) is 17.6 Å². The Bertz CT molecular complexity index is 377. The summed E-state index contributed by atoms with van der Waals surface area (Å²) in [5, 5.41) is 0. The fourth-order valence-electron chi connectivity index (χ4n) is 4.43. The molecule has 2 aliphatic rings. The third kappa shape index (κ3) is 4.02. The zero-order chi connectivity index (χ0) is 16.2. The van der Waals surface area contributed by atoms with E-state index in [4.69, 9.17) is 4.74 Å². The molecule has 0 bridgehead atoms. The molecule has 0 spiro atoms. The highest BCUT2D eigenvalue weighted by Gasteiger charge is 2.44. The highest BCUT2D eigenvalue weighted by atomic mass is 16.5. The van der Waals surface area contributed by atoms with E-state index < -0.39 is 0 Å². The molecule has 0 aromatic carbocycles.